The minimum absolute atomic E-state index is 0.0131. The van der Waals surface area contributed by atoms with Gasteiger partial charge in [0, 0.05) is 0 Å². The summed E-state index contributed by atoms with van der Waals surface area (Å²) in [5.74, 6) is -1.85. The van der Waals surface area contributed by atoms with E-state index in [9.17, 15) is 14.4 Å². The van der Waals surface area contributed by atoms with Gasteiger partial charge in [0.2, 0.25) is 5.54 Å². The van der Waals surface area contributed by atoms with Crippen LogP contribution in [-0.4, -0.2) is 29.6 Å². The number of carbonyl (C=O) groups excluding carboxylic acids is 3. The molecule has 7 heteroatoms. The molecule has 0 aromatic heterocycles. The number of esters is 1. The summed E-state index contributed by atoms with van der Waals surface area (Å²) in [4.78, 5) is 36.1. The van der Waals surface area contributed by atoms with E-state index in [-0.39, 0.29) is 12.7 Å². The highest BCUT2D eigenvalue weighted by molar-refractivity contribution is 6.08. The first kappa shape index (κ1) is 18.8. The fourth-order valence-electron chi connectivity index (χ4n) is 2.63. The normalized spacial score (nSPS) is 17.2. The molecule has 0 saturated heterocycles. The van der Waals surface area contributed by atoms with Gasteiger partial charge < -0.3 is 15.2 Å². The second-order valence-corrected chi connectivity index (χ2v) is 6.34. The van der Waals surface area contributed by atoms with Crippen LogP contribution >= 0.6 is 0 Å². The Bertz CT molecular complexity index is 613. The maximum absolute atomic E-state index is 12.4. The number of hydrogen-bond acceptors (Lipinski definition) is 5. The van der Waals surface area contributed by atoms with Gasteiger partial charge in [0.1, 0.15) is 12.7 Å². The summed E-state index contributed by atoms with van der Waals surface area (Å²) in [6.45, 7) is 1.24. The van der Waals surface area contributed by atoms with Crippen LogP contribution in [0.15, 0.2) is 30.3 Å². The van der Waals surface area contributed by atoms with Crippen LogP contribution in [0.25, 0.3) is 0 Å². The minimum atomic E-state index is -1.97. The zero-order valence-corrected chi connectivity index (χ0v) is 14.3. The molecule has 1 aliphatic rings. The molecule has 2 rings (SSSR count). The van der Waals surface area contributed by atoms with E-state index in [0.29, 0.717) is 0 Å². The molecule has 1 unspecified atom stereocenters. The summed E-state index contributed by atoms with van der Waals surface area (Å²) in [7, 11) is 0. The number of carbonyl (C=O) groups is 3. The number of amides is 2. The van der Waals surface area contributed by atoms with E-state index in [4.69, 9.17) is 15.2 Å². The van der Waals surface area contributed by atoms with E-state index in [1.54, 1.807) is 12.1 Å². The van der Waals surface area contributed by atoms with E-state index >= 15 is 0 Å². The highest BCUT2D eigenvalue weighted by Crippen LogP contribution is 2.22. The molecule has 0 bridgehead atoms. The van der Waals surface area contributed by atoms with Crippen molar-refractivity contribution in [2.75, 3.05) is 0 Å². The monoisotopic (exact) mass is 348 g/mol. The molecule has 3 N–H and O–H groups in total. The summed E-state index contributed by atoms with van der Waals surface area (Å²) in [6.07, 6.45) is 3.38. The van der Waals surface area contributed by atoms with E-state index in [0.717, 1.165) is 37.7 Å². The molecular formula is C18H24N2O5. The van der Waals surface area contributed by atoms with E-state index in [1.807, 2.05) is 18.2 Å². The van der Waals surface area contributed by atoms with E-state index < -0.39 is 23.5 Å². The first-order valence-electron chi connectivity index (χ1n) is 8.41. The minimum Gasteiger partial charge on any atom is -0.460 e. The number of hydrogen-bond donors (Lipinski definition) is 2. The highest BCUT2D eigenvalue weighted by Gasteiger charge is 2.44. The molecule has 0 heterocycles. The van der Waals surface area contributed by atoms with Gasteiger partial charge in [-0.2, -0.15) is 0 Å². The number of benzene rings is 1. The molecule has 25 heavy (non-hydrogen) atoms. The van der Waals surface area contributed by atoms with Gasteiger partial charge >= 0.3 is 12.1 Å². The van der Waals surface area contributed by atoms with Crippen molar-refractivity contribution in [3.05, 3.63) is 35.9 Å². The molecule has 136 valence electrons. The number of rotatable bonds is 6. The molecule has 1 aromatic carbocycles. The Balaban J connectivity index is 1.94. The lowest BCUT2D eigenvalue weighted by molar-refractivity contribution is -0.160. The van der Waals surface area contributed by atoms with Gasteiger partial charge in [-0.25, -0.2) is 9.59 Å². The molecule has 1 atom stereocenters. The maximum atomic E-state index is 12.4. The first-order valence-corrected chi connectivity index (χ1v) is 8.41. The summed E-state index contributed by atoms with van der Waals surface area (Å²) >= 11 is 0. The van der Waals surface area contributed by atoms with Crippen molar-refractivity contribution < 1.29 is 23.9 Å². The van der Waals surface area contributed by atoms with Crippen molar-refractivity contribution in [1.82, 2.24) is 5.32 Å². The van der Waals surface area contributed by atoms with Crippen molar-refractivity contribution in [2.45, 2.75) is 57.3 Å². The van der Waals surface area contributed by atoms with Crippen LogP contribution in [0.2, 0.25) is 0 Å². The van der Waals surface area contributed by atoms with Gasteiger partial charge in [-0.05, 0) is 38.2 Å². The van der Waals surface area contributed by atoms with Crippen molar-refractivity contribution in [3.8, 4) is 0 Å². The third kappa shape index (κ3) is 5.20. The van der Waals surface area contributed by atoms with Gasteiger partial charge in [-0.1, -0.05) is 36.8 Å². The Hall–Kier alpha value is -2.57. The second-order valence-electron chi connectivity index (χ2n) is 6.34. The smallest absolute Gasteiger partial charge is 0.408 e. The van der Waals surface area contributed by atoms with Crippen molar-refractivity contribution >= 4 is 18.0 Å². The van der Waals surface area contributed by atoms with Gasteiger partial charge in [0.25, 0.3) is 5.91 Å². The summed E-state index contributed by atoms with van der Waals surface area (Å²) in [5, 5.41) is 2.24. The number of alkyl carbamates (subject to hydrolysis) is 1. The third-order valence-electron chi connectivity index (χ3n) is 4.29. The fraction of sp³-hybridized carbons (Fsp3) is 0.500. The van der Waals surface area contributed by atoms with Crippen LogP contribution in [0.1, 0.15) is 44.6 Å². The summed E-state index contributed by atoms with van der Waals surface area (Å²) in [5.41, 5.74) is 4.14. The Labute approximate surface area is 146 Å². The number of primary amides is 1. The molecular weight excluding hydrogens is 324 g/mol. The predicted octanol–water partition coefficient (Wildman–Crippen LogP) is 2.03. The quantitative estimate of drug-likeness (QED) is 0.604. The highest BCUT2D eigenvalue weighted by atomic mass is 16.6. The molecule has 7 nitrogen and oxygen atoms in total. The van der Waals surface area contributed by atoms with Crippen LogP contribution in [0.3, 0.4) is 0 Å². The van der Waals surface area contributed by atoms with Crippen LogP contribution in [0.4, 0.5) is 4.79 Å². The summed E-state index contributed by atoms with van der Waals surface area (Å²) in [6, 6.07) is 9.04. The van der Waals surface area contributed by atoms with Gasteiger partial charge in [0.05, 0.1) is 0 Å². The number of nitrogens with two attached hydrogens (primary N) is 1. The fourth-order valence-corrected chi connectivity index (χ4v) is 2.63. The maximum Gasteiger partial charge on any atom is 0.408 e. The van der Waals surface area contributed by atoms with Crippen molar-refractivity contribution in [3.63, 3.8) is 0 Å². The van der Waals surface area contributed by atoms with Gasteiger partial charge in [-0.3, -0.25) is 10.1 Å². The lowest BCUT2D eigenvalue weighted by Crippen LogP contribution is -2.61. The largest absolute Gasteiger partial charge is 0.460 e. The van der Waals surface area contributed by atoms with Crippen molar-refractivity contribution in [1.29, 1.82) is 0 Å². The Kier molecular flexibility index (Phi) is 6.38. The first-order chi connectivity index (χ1) is 11.9. The Morgan fingerprint density at radius 2 is 1.80 bits per heavy atom. The number of ether oxygens (including phenoxy) is 2. The molecule has 0 aliphatic heterocycles. The van der Waals surface area contributed by atoms with Crippen LogP contribution in [0, 0.1) is 0 Å². The molecule has 1 aliphatic carbocycles. The molecule has 1 aromatic rings. The summed E-state index contributed by atoms with van der Waals surface area (Å²) < 4.78 is 10.4. The number of nitrogens with one attached hydrogen (secondary N) is 1. The predicted molar refractivity (Wildman–Crippen MR) is 90.3 cm³/mol. The zero-order valence-electron chi connectivity index (χ0n) is 14.3. The van der Waals surface area contributed by atoms with E-state index in [1.165, 1.54) is 6.92 Å². The third-order valence-corrected chi connectivity index (χ3v) is 4.29. The lowest BCUT2D eigenvalue weighted by atomic mass is 9.97. The average molecular weight is 348 g/mol. The Morgan fingerprint density at radius 1 is 1.16 bits per heavy atom. The van der Waals surface area contributed by atoms with Crippen LogP contribution in [0.5, 0.6) is 0 Å². The molecule has 0 radical (unpaired) electrons. The lowest BCUT2D eigenvalue weighted by Gasteiger charge is -2.29. The standard InChI is InChI=1S/C18H24N2O5/c1-18(15(19)21,16(22)25-14-10-6-3-7-11-14)20-17(23)24-12-13-8-4-2-5-9-13/h2,4-5,8-9,14H,3,6-7,10-12H2,1H3,(H2,19,21)(H,20,23). The zero-order chi connectivity index (χ0) is 18.3. The van der Waals surface area contributed by atoms with Crippen molar-refractivity contribution in [2.24, 2.45) is 5.73 Å². The van der Waals surface area contributed by atoms with E-state index in [2.05, 4.69) is 5.32 Å². The molecule has 1 fully saturated rings. The van der Waals surface area contributed by atoms with Crippen LogP contribution < -0.4 is 11.1 Å². The van der Waals surface area contributed by atoms with Crippen LogP contribution in [-0.2, 0) is 25.7 Å². The topological polar surface area (TPSA) is 108 Å². The second kappa shape index (κ2) is 8.50. The molecule has 1 saturated carbocycles. The molecule has 2 amide bonds. The molecule has 0 spiro atoms. The Morgan fingerprint density at radius 3 is 2.40 bits per heavy atom. The SMILES string of the molecule is CC(NC(=O)OCc1ccccc1)(C(N)=O)C(=O)OC1CCCCC1. The van der Waals surface area contributed by atoms with Gasteiger partial charge in [-0.15, -0.1) is 0 Å². The average Bonchev–Trinajstić information content (AvgIpc) is 2.61. The van der Waals surface area contributed by atoms with Gasteiger partial charge in [0.15, 0.2) is 0 Å².